The van der Waals surface area contributed by atoms with Gasteiger partial charge in [0.05, 0.1) is 6.61 Å². The third-order valence-corrected chi connectivity index (χ3v) is 7.05. The van der Waals surface area contributed by atoms with Gasteiger partial charge < -0.3 is 20.3 Å². The second kappa shape index (κ2) is 10.1. The summed E-state index contributed by atoms with van der Waals surface area (Å²) in [6, 6.07) is 8.68. The van der Waals surface area contributed by atoms with Gasteiger partial charge in [0.15, 0.2) is 4.96 Å². The summed E-state index contributed by atoms with van der Waals surface area (Å²) in [4.78, 5) is 20.2. The molecule has 4 rings (SSSR count). The second-order valence-electron chi connectivity index (χ2n) is 8.00. The van der Waals surface area contributed by atoms with Crippen molar-refractivity contribution in [2.24, 2.45) is 0 Å². The first-order chi connectivity index (χ1) is 15.0. The van der Waals surface area contributed by atoms with Crippen LogP contribution >= 0.6 is 27.3 Å². The summed E-state index contributed by atoms with van der Waals surface area (Å²) in [5.41, 5.74) is 1.22. The number of piperidine rings is 1. The molecular weight excluding hydrogens is 478 g/mol. The summed E-state index contributed by atoms with van der Waals surface area (Å²) in [7, 11) is 4.09. The molecule has 1 aliphatic heterocycles. The zero-order valence-corrected chi connectivity index (χ0v) is 20.2. The number of aromatic nitrogens is 2. The predicted octanol–water partition coefficient (Wildman–Crippen LogP) is 3.41. The minimum atomic E-state index is -0.0835. The van der Waals surface area contributed by atoms with Gasteiger partial charge in [0.1, 0.15) is 16.0 Å². The molecule has 1 fully saturated rings. The van der Waals surface area contributed by atoms with Crippen molar-refractivity contribution in [3.63, 3.8) is 0 Å². The van der Waals surface area contributed by atoms with Gasteiger partial charge in [0, 0.05) is 30.7 Å². The van der Waals surface area contributed by atoms with Gasteiger partial charge in [-0.3, -0.25) is 9.20 Å². The quantitative estimate of drug-likeness (QED) is 0.457. The normalized spacial score (nSPS) is 19.6. The largest absolute Gasteiger partial charge is 0.494 e. The van der Waals surface area contributed by atoms with Gasteiger partial charge in [-0.15, -0.1) is 11.3 Å². The van der Waals surface area contributed by atoms with Crippen LogP contribution in [0.5, 0.6) is 5.75 Å². The Bertz CT molecular complexity index is 1070. The van der Waals surface area contributed by atoms with Gasteiger partial charge in [-0.05, 0) is 73.0 Å². The van der Waals surface area contributed by atoms with Crippen LogP contribution in [-0.2, 0) is 0 Å². The van der Waals surface area contributed by atoms with Gasteiger partial charge >= 0.3 is 0 Å². The van der Waals surface area contributed by atoms with Crippen LogP contribution in [0, 0.1) is 0 Å². The molecule has 1 aliphatic rings. The molecule has 0 bridgehead atoms. The number of likely N-dealkylation sites (N-methyl/N-ethyl adjacent to an activating group) is 1. The molecule has 9 heteroatoms. The molecule has 2 N–H and O–H groups in total. The topological polar surface area (TPSA) is 70.9 Å². The van der Waals surface area contributed by atoms with Crippen molar-refractivity contribution in [3.05, 3.63) is 56.2 Å². The lowest BCUT2D eigenvalue weighted by Gasteiger charge is -2.36. The summed E-state index contributed by atoms with van der Waals surface area (Å²) in [6.07, 6.45) is 3.72. The Morgan fingerprint density at radius 1 is 1.29 bits per heavy atom. The van der Waals surface area contributed by atoms with Crippen LogP contribution < -0.4 is 20.9 Å². The first-order valence-corrected chi connectivity index (χ1v) is 12.2. The highest BCUT2D eigenvalue weighted by Crippen LogP contribution is 2.30. The van der Waals surface area contributed by atoms with Crippen molar-refractivity contribution >= 4 is 38.0 Å². The van der Waals surface area contributed by atoms with E-state index in [1.165, 1.54) is 16.9 Å². The van der Waals surface area contributed by atoms with E-state index in [1.54, 1.807) is 10.6 Å². The van der Waals surface area contributed by atoms with E-state index >= 15 is 0 Å². The standard InChI is InChI=1S/C22H28BrN5O2S/c1-24-8-3-10-30-18-6-4-15(5-7-18)16-12-17(14-27(2)13-16)25-20-19(23)21(29)28-9-11-31-22(28)26-20/h4-7,9,11,16-17,24-25H,3,8,10,12-14H2,1-2H3/t16-,17+/m0/s1. The molecule has 0 aliphatic carbocycles. The molecule has 166 valence electrons. The highest BCUT2D eigenvalue weighted by molar-refractivity contribution is 9.10. The van der Waals surface area contributed by atoms with E-state index in [1.807, 2.05) is 12.4 Å². The molecule has 2 atom stereocenters. The van der Waals surface area contributed by atoms with Crippen molar-refractivity contribution in [3.8, 4) is 5.75 Å². The number of hydrogen-bond acceptors (Lipinski definition) is 7. The third-order valence-electron chi connectivity index (χ3n) is 5.58. The molecule has 3 heterocycles. The molecule has 1 aromatic carbocycles. The zero-order chi connectivity index (χ0) is 21.8. The van der Waals surface area contributed by atoms with Crippen molar-refractivity contribution < 1.29 is 4.74 Å². The van der Waals surface area contributed by atoms with E-state index in [4.69, 9.17) is 4.74 Å². The average molecular weight is 506 g/mol. The predicted molar refractivity (Wildman–Crippen MR) is 130 cm³/mol. The molecule has 0 radical (unpaired) electrons. The van der Waals surface area contributed by atoms with Crippen LogP contribution in [0.4, 0.5) is 5.82 Å². The molecule has 1 saturated heterocycles. The molecule has 0 spiro atoms. The van der Waals surface area contributed by atoms with Crippen LogP contribution in [0.15, 0.2) is 45.1 Å². The maximum absolute atomic E-state index is 12.6. The molecule has 7 nitrogen and oxygen atoms in total. The first kappa shape index (κ1) is 22.3. The number of hydrogen-bond donors (Lipinski definition) is 2. The average Bonchev–Trinajstić information content (AvgIpc) is 3.24. The molecule has 0 saturated carbocycles. The van der Waals surface area contributed by atoms with E-state index < -0.39 is 0 Å². The summed E-state index contributed by atoms with van der Waals surface area (Å²) >= 11 is 4.90. The van der Waals surface area contributed by atoms with Crippen LogP contribution in [0.3, 0.4) is 0 Å². The number of thiazole rings is 1. The Morgan fingerprint density at radius 2 is 2.10 bits per heavy atom. The molecular formula is C22H28BrN5O2S. The Labute approximate surface area is 194 Å². The second-order valence-corrected chi connectivity index (χ2v) is 9.67. The van der Waals surface area contributed by atoms with Crippen LogP contribution in [-0.4, -0.2) is 60.7 Å². The van der Waals surface area contributed by atoms with E-state index in [2.05, 4.69) is 67.8 Å². The fourth-order valence-electron chi connectivity index (χ4n) is 4.09. The number of halogens is 1. The molecule has 3 aromatic rings. The Kier molecular flexibility index (Phi) is 7.27. The van der Waals surface area contributed by atoms with Gasteiger partial charge in [-0.2, -0.15) is 0 Å². The van der Waals surface area contributed by atoms with Crippen molar-refractivity contribution in [2.45, 2.75) is 24.8 Å². The van der Waals surface area contributed by atoms with Gasteiger partial charge in [0.25, 0.3) is 5.56 Å². The van der Waals surface area contributed by atoms with Gasteiger partial charge in [0.2, 0.25) is 0 Å². The lowest BCUT2D eigenvalue weighted by Crippen LogP contribution is -2.43. The fourth-order valence-corrected chi connectivity index (χ4v) is 5.19. The van der Waals surface area contributed by atoms with E-state index in [0.717, 1.165) is 44.8 Å². The number of anilines is 1. The fraction of sp³-hybridized carbons (Fsp3) is 0.455. The third kappa shape index (κ3) is 5.28. The summed E-state index contributed by atoms with van der Waals surface area (Å²) in [6.45, 7) is 3.58. The van der Waals surface area contributed by atoms with Crippen molar-refractivity contribution in [1.82, 2.24) is 19.6 Å². The number of nitrogens with one attached hydrogen (secondary N) is 2. The molecule has 2 aromatic heterocycles. The summed E-state index contributed by atoms with van der Waals surface area (Å²) in [5, 5.41) is 8.52. The summed E-state index contributed by atoms with van der Waals surface area (Å²) in [5.74, 6) is 1.94. The Balaban J connectivity index is 1.44. The number of fused-ring (bicyclic) bond motifs is 1. The van der Waals surface area contributed by atoms with Crippen LogP contribution in [0.25, 0.3) is 4.96 Å². The first-order valence-electron chi connectivity index (χ1n) is 10.5. The zero-order valence-electron chi connectivity index (χ0n) is 17.8. The summed E-state index contributed by atoms with van der Waals surface area (Å²) < 4.78 is 7.86. The van der Waals surface area contributed by atoms with E-state index in [0.29, 0.717) is 21.2 Å². The minimum Gasteiger partial charge on any atom is -0.494 e. The number of likely N-dealkylation sites (tertiary alicyclic amines) is 1. The SMILES string of the molecule is CNCCCOc1ccc([C@H]2C[C@@H](Nc3nc4sccn4c(=O)c3Br)CN(C)C2)cc1. The van der Waals surface area contributed by atoms with Crippen LogP contribution in [0.2, 0.25) is 0 Å². The Morgan fingerprint density at radius 3 is 2.87 bits per heavy atom. The number of ether oxygens (including phenoxy) is 1. The molecule has 31 heavy (non-hydrogen) atoms. The van der Waals surface area contributed by atoms with Crippen molar-refractivity contribution in [1.29, 1.82) is 0 Å². The molecule has 0 unspecified atom stereocenters. The highest BCUT2D eigenvalue weighted by atomic mass is 79.9. The number of nitrogens with zero attached hydrogens (tertiary/aromatic N) is 3. The molecule has 0 amide bonds. The van der Waals surface area contributed by atoms with Crippen molar-refractivity contribution in [2.75, 3.05) is 45.7 Å². The van der Waals surface area contributed by atoms with E-state index in [-0.39, 0.29) is 11.6 Å². The number of rotatable bonds is 8. The Hall–Kier alpha value is -1.94. The minimum absolute atomic E-state index is 0.0835. The lowest BCUT2D eigenvalue weighted by molar-refractivity contribution is 0.235. The smallest absolute Gasteiger partial charge is 0.275 e. The number of benzene rings is 1. The monoisotopic (exact) mass is 505 g/mol. The van der Waals surface area contributed by atoms with Gasteiger partial charge in [-0.25, -0.2) is 4.98 Å². The maximum Gasteiger partial charge on any atom is 0.275 e. The maximum atomic E-state index is 12.6. The highest BCUT2D eigenvalue weighted by Gasteiger charge is 2.27. The van der Waals surface area contributed by atoms with E-state index in [9.17, 15) is 4.79 Å². The van der Waals surface area contributed by atoms with Crippen LogP contribution in [0.1, 0.15) is 24.3 Å². The van der Waals surface area contributed by atoms with Gasteiger partial charge in [-0.1, -0.05) is 12.1 Å². The lowest BCUT2D eigenvalue weighted by atomic mass is 9.88.